The zero-order valence-corrected chi connectivity index (χ0v) is 10.5. The molecule has 1 aromatic heterocycles. The molecule has 1 aromatic rings. The highest BCUT2D eigenvalue weighted by Gasteiger charge is 2.24. The van der Waals surface area contributed by atoms with Crippen LogP contribution in [0.2, 0.25) is 0 Å². The first-order valence-corrected chi connectivity index (χ1v) is 6.21. The van der Waals surface area contributed by atoms with Gasteiger partial charge in [0.05, 0.1) is 25.0 Å². The zero-order valence-electron chi connectivity index (χ0n) is 10.5. The number of aliphatic hydroxyl groups is 1. The van der Waals surface area contributed by atoms with E-state index >= 15 is 0 Å². The topological polar surface area (TPSA) is 50.5 Å². The Balaban J connectivity index is 1.93. The third kappa shape index (κ3) is 3.28. The summed E-state index contributed by atoms with van der Waals surface area (Å²) in [5, 5.41) is 13.4. The number of aromatic nitrogens is 2. The minimum absolute atomic E-state index is 0.0556. The maximum Gasteiger partial charge on any atom is 0.0936 e. The van der Waals surface area contributed by atoms with Gasteiger partial charge in [-0.15, -0.1) is 0 Å². The van der Waals surface area contributed by atoms with E-state index < -0.39 is 0 Å². The summed E-state index contributed by atoms with van der Waals surface area (Å²) < 4.78 is 7.55. The number of aryl methyl sites for hydroxylation is 1. The van der Waals surface area contributed by atoms with Crippen molar-refractivity contribution in [2.45, 2.75) is 39.1 Å². The summed E-state index contributed by atoms with van der Waals surface area (Å²) in [6, 6.07) is 0. The van der Waals surface area contributed by atoms with Crippen LogP contribution in [-0.4, -0.2) is 51.7 Å². The van der Waals surface area contributed by atoms with Gasteiger partial charge in [0.2, 0.25) is 0 Å². The van der Waals surface area contributed by atoms with Gasteiger partial charge in [-0.1, -0.05) is 0 Å². The molecule has 0 spiro atoms. The van der Waals surface area contributed by atoms with Crippen LogP contribution < -0.4 is 0 Å². The number of morpholine rings is 1. The smallest absolute Gasteiger partial charge is 0.0936 e. The summed E-state index contributed by atoms with van der Waals surface area (Å²) in [7, 11) is 0. The second-order valence-electron chi connectivity index (χ2n) is 4.65. The van der Waals surface area contributed by atoms with E-state index in [1.165, 1.54) is 5.56 Å². The highest BCUT2D eigenvalue weighted by Crippen LogP contribution is 2.13. The molecule has 0 aromatic carbocycles. The first-order chi connectivity index (χ1) is 8.21. The molecule has 5 nitrogen and oxygen atoms in total. The van der Waals surface area contributed by atoms with Crippen molar-refractivity contribution in [3.8, 4) is 0 Å². The lowest BCUT2D eigenvalue weighted by Gasteiger charge is -2.35. The van der Waals surface area contributed by atoms with E-state index in [1.807, 2.05) is 17.8 Å². The van der Waals surface area contributed by atoms with Gasteiger partial charge in [0, 0.05) is 37.9 Å². The molecule has 1 aliphatic heterocycles. The Hall–Kier alpha value is -0.910. The van der Waals surface area contributed by atoms with Crippen molar-refractivity contribution in [3.63, 3.8) is 0 Å². The summed E-state index contributed by atoms with van der Waals surface area (Å²) in [4.78, 5) is 2.31. The molecule has 2 heterocycles. The van der Waals surface area contributed by atoms with E-state index in [0.717, 1.165) is 26.2 Å². The fourth-order valence-electron chi connectivity index (χ4n) is 2.29. The van der Waals surface area contributed by atoms with Gasteiger partial charge in [-0.25, -0.2) is 0 Å². The molecule has 2 unspecified atom stereocenters. The molecule has 5 heteroatoms. The molecule has 0 aliphatic carbocycles. The Morgan fingerprint density at radius 2 is 2.35 bits per heavy atom. The van der Waals surface area contributed by atoms with Crippen LogP contribution in [0, 0.1) is 0 Å². The molecule has 1 saturated heterocycles. The van der Waals surface area contributed by atoms with E-state index in [9.17, 15) is 0 Å². The first kappa shape index (κ1) is 12.5. The summed E-state index contributed by atoms with van der Waals surface area (Å²) in [6.07, 6.45) is 4.12. The maximum atomic E-state index is 9.17. The van der Waals surface area contributed by atoms with Crippen LogP contribution in [0.5, 0.6) is 0 Å². The lowest BCUT2D eigenvalue weighted by atomic mass is 10.2. The highest BCUT2D eigenvalue weighted by atomic mass is 16.5. The van der Waals surface area contributed by atoms with Crippen molar-refractivity contribution < 1.29 is 9.84 Å². The van der Waals surface area contributed by atoms with Crippen LogP contribution in [-0.2, 0) is 17.8 Å². The number of hydrogen-bond acceptors (Lipinski definition) is 4. The van der Waals surface area contributed by atoms with Crippen molar-refractivity contribution in [3.05, 3.63) is 18.0 Å². The Labute approximate surface area is 102 Å². The van der Waals surface area contributed by atoms with E-state index in [0.29, 0.717) is 0 Å². The highest BCUT2D eigenvalue weighted by molar-refractivity contribution is 5.04. The maximum absolute atomic E-state index is 9.17. The van der Waals surface area contributed by atoms with Crippen LogP contribution in [0.1, 0.15) is 19.4 Å². The molecule has 17 heavy (non-hydrogen) atoms. The minimum atomic E-state index is -0.0556. The van der Waals surface area contributed by atoms with E-state index in [-0.39, 0.29) is 18.8 Å². The van der Waals surface area contributed by atoms with Crippen LogP contribution in [0.15, 0.2) is 12.4 Å². The van der Waals surface area contributed by atoms with Gasteiger partial charge in [-0.3, -0.25) is 9.58 Å². The van der Waals surface area contributed by atoms with Crippen molar-refractivity contribution >= 4 is 0 Å². The van der Waals surface area contributed by atoms with Gasteiger partial charge in [-0.05, 0) is 13.8 Å². The molecule has 2 atom stereocenters. The molecule has 0 radical (unpaired) electrons. The number of rotatable bonds is 4. The van der Waals surface area contributed by atoms with E-state index in [1.54, 1.807) is 0 Å². The number of hydrogen-bond donors (Lipinski definition) is 1. The summed E-state index contributed by atoms with van der Waals surface area (Å²) in [5.41, 5.74) is 1.22. The minimum Gasteiger partial charge on any atom is -0.394 e. The summed E-state index contributed by atoms with van der Waals surface area (Å²) in [6.45, 7) is 7.70. The molecule has 1 N–H and O–H groups in total. The van der Waals surface area contributed by atoms with Crippen LogP contribution >= 0.6 is 0 Å². The Morgan fingerprint density at radius 3 is 3.00 bits per heavy atom. The monoisotopic (exact) mass is 239 g/mol. The largest absolute Gasteiger partial charge is 0.394 e. The molecule has 1 aliphatic rings. The van der Waals surface area contributed by atoms with Crippen LogP contribution in [0.3, 0.4) is 0 Å². The predicted molar refractivity (Wildman–Crippen MR) is 64.6 cm³/mol. The molecule has 0 bridgehead atoms. The molecular formula is C12H21N3O2. The number of ether oxygens (including phenoxy) is 1. The molecule has 2 rings (SSSR count). The van der Waals surface area contributed by atoms with Gasteiger partial charge in [-0.2, -0.15) is 5.10 Å². The van der Waals surface area contributed by atoms with Gasteiger partial charge >= 0.3 is 0 Å². The van der Waals surface area contributed by atoms with Crippen LogP contribution in [0.25, 0.3) is 0 Å². The predicted octanol–water partition coefficient (Wildman–Crippen LogP) is 0.485. The quantitative estimate of drug-likeness (QED) is 0.830. The Bertz CT molecular complexity index is 353. The summed E-state index contributed by atoms with van der Waals surface area (Å²) >= 11 is 0. The Morgan fingerprint density at radius 1 is 1.53 bits per heavy atom. The SMILES string of the molecule is CCn1cc(CN2CC(C)OC(CO)C2)cn1. The fourth-order valence-corrected chi connectivity index (χ4v) is 2.29. The van der Waals surface area contributed by atoms with Gasteiger partial charge < -0.3 is 9.84 Å². The number of aliphatic hydroxyl groups excluding tert-OH is 1. The van der Waals surface area contributed by atoms with Crippen molar-refractivity contribution in [1.29, 1.82) is 0 Å². The van der Waals surface area contributed by atoms with Crippen LogP contribution in [0.4, 0.5) is 0 Å². The average molecular weight is 239 g/mol. The number of nitrogens with zero attached hydrogens (tertiary/aromatic N) is 3. The van der Waals surface area contributed by atoms with Gasteiger partial charge in [0.15, 0.2) is 0 Å². The lowest BCUT2D eigenvalue weighted by Crippen LogP contribution is -2.47. The Kier molecular flexibility index (Phi) is 4.15. The molecule has 1 fully saturated rings. The first-order valence-electron chi connectivity index (χ1n) is 6.21. The fraction of sp³-hybridized carbons (Fsp3) is 0.750. The van der Waals surface area contributed by atoms with Crippen molar-refractivity contribution in [2.75, 3.05) is 19.7 Å². The van der Waals surface area contributed by atoms with E-state index in [4.69, 9.17) is 9.84 Å². The average Bonchev–Trinajstić information content (AvgIpc) is 2.76. The summed E-state index contributed by atoms with van der Waals surface area (Å²) in [5.74, 6) is 0. The molecule has 0 saturated carbocycles. The standard InChI is InChI=1S/C12H21N3O2/c1-3-15-7-11(4-13-15)6-14-5-10(2)17-12(8-14)9-16/h4,7,10,12,16H,3,5-6,8-9H2,1-2H3. The lowest BCUT2D eigenvalue weighted by molar-refractivity contribution is -0.0972. The van der Waals surface area contributed by atoms with E-state index in [2.05, 4.69) is 23.1 Å². The van der Waals surface area contributed by atoms with Gasteiger partial charge in [0.1, 0.15) is 0 Å². The van der Waals surface area contributed by atoms with Crippen molar-refractivity contribution in [1.82, 2.24) is 14.7 Å². The molecule has 96 valence electrons. The third-order valence-electron chi connectivity index (χ3n) is 3.02. The zero-order chi connectivity index (χ0) is 12.3. The molecule has 0 amide bonds. The van der Waals surface area contributed by atoms with Gasteiger partial charge in [0.25, 0.3) is 0 Å². The second-order valence-corrected chi connectivity index (χ2v) is 4.65. The molecular weight excluding hydrogens is 218 g/mol. The second kappa shape index (κ2) is 5.62. The third-order valence-corrected chi connectivity index (χ3v) is 3.02. The van der Waals surface area contributed by atoms with Crippen molar-refractivity contribution in [2.24, 2.45) is 0 Å². The normalized spacial score (nSPS) is 26.3.